The molecule has 3 rings (SSSR count). The maximum absolute atomic E-state index is 13.1. The zero-order valence-corrected chi connectivity index (χ0v) is 18.5. The number of nitrogens with one attached hydrogen (secondary N) is 1. The van der Waals surface area contributed by atoms with Gasteiger partial charge in [-0.15, -0.1) is 0 Å². The topological polar surface area (TPSA) is 30.7 Å². The molecule has 0 amide bonds. The van der Waals surface area contributed by atoms with Gasteiger partial charge >= 0.3 is 5.97 Å². The Kier molecular flexibility index (Phi) is 9.69. The van der Waals surface area contributed by atoms with Crippen LogP contribution < -0.4 is 17.3 Å². The Balaban J connectivity index is 0.00000300. The molecule has 1 aliphatic carbocycles. The lowest BCUT2D eigenvalue weighted by molar-refractivity contribution is -0.900. The van der Waals surface area contributed by atoms with Gasteiger partial charge in [0.25, 0.3) is 0 Å². The van der Waals surface area contributed by atoms with E-state index in [0.29, 0.717) is 6.61 Å². The van der Waals surface area contributed by atoms with Crippen LogP contribution in [0.4, 0.5) is 0 Å². The summed E-state index contributed by atoms with van der Waals surface area (Å²) in [6.45, 7) is 8.21. The fourth-order valence-electron chi connectivity index (χ4n) is 4.19. The van der Waals surface area contributed by atoms with Crippen molar-refractivity contribution in [2.45, 2.75) is 51.9 Å². The molecule has 0 bridgehead atoms. The van der Waals surface area contributed by atoms with Crippen LogP contribution in [0.3, 0.4) is 0 Å². The van der Waals surface area contributed by atoms with Gasteiger partial charge in [-0.1, -0.05) is 75.2 Å². The quantitative estimate of drug-likeness (QED) is 0.581. The number of carbonyl (C=O) groups is 1. The molecular weight excluding hydrogens is 382 g/mol. The van der Waals surface area contributed by atoms with Gasteiger partial charge in [0, 0.05) is 0 Å². The van der Waals surface area contributed by atoms with Crippen molar-refractivity contribution in [3.05, 3.63) is 70.8 Å². The highest BCUT2D eigenvalue weighted by atomic mass is 35.5. The van der Waals surface area contributed by atoms with E-state index in [2.05, 4.69) is 50.2 Å². The van der Waals surface area contributed by atoms with E-state index in [4.69, 9.17) is 4.74 Å². The molecule has 0 atom stereocenters. The minimum Gasteiger partial charge on any atom is -1.00 e. The number of fused-ring (bicyclic) bond motifs is 2. The van der Waals surface area contributed by atoms with Crippen molar-refractivity contribution in [3.63, 3.8) is 0 Å². The molecule has 0 unspecified atom stereocenters. The second kappa shape index (κ2) is 12.0. The van der Waals surface area contributed by atoms with Crippen LogP contribution in [0.5, 0.6) is 0 Å². The summed E-state index contributed by atoms with van der Waals surface area (Å²) in [5.74, 6) is -0.402. The number of benzene rings is 2. The molecule has 0 fully saturated rings. The summed E-state index contributed by atoms with van der Waals surface area (Å²) in [7, 11) is 0. The largest absolute Gasteiger partial charge is 1.00 e. The first kappa shape index (κ1) is 23.4. The Morgan fingerprint density at radius 2 is 1.41 bits per heavy atom. The number of carbonyl (C=O) groups excluding carboxylic acids is 1. The number of quaternary nitrogens is 1. The van der Waals surface area contributed by atoms with Crippen molar-refractivity contribution in [1.29, 1.82) is 0 Å². The molecule has 0 spiro atoms. The maximum Gasteiger partial charge on any atom is 0.318 e. The molecule has 0 saturated carbocycles. The molecule has 0 aliphatic heterocycles. The van der Waals surface area contributed by atoms with Gasteiger partial charge in [0.1, 0.15) is 19.1 Å². The lowest BCUT2D eigenvalue weighted by Gasteiger charge is -2.27. The summed E-state index contributed by atoms with van der Waals surface area (Å²) in [6.07, 6.45) is 5.78. The van der Waals surface area contributed by atoms with Crippen LogP contribution in [0.25, 0.3) is 0 Å². The van der Waals surface area contributed by atoms with Crippen molar-refractivity contribution in [3.8, 4) is 0 Å². The van der Waals surface area contributed by atoms with E-state index in [9.17, 15) is 4.79 Å². The number of hydrogen-bond donors (Lipinski definition) is 1. The summed E-state index contributed by atoms with van der Waals surface area (Å²) in [5, 5.41) is 0. The van der Waals surface area contributed by atoms with Crippen LogP contribution >= 0.6 is 0 Å². The minimum absolute atomic E-state index is 0. The summed E-state index contributed by atoms with van der Waals surface area (Å²) in [4.78, 5) is 14.7. The summed E-state index contributed by atoms with van der Waals surface area (Å²) < 4.78 is 5.83. The molecule has 4 heteroatoms. The highest BCUT2D eigenvalue weighted by molar-refractivity contribution is 5.84. The minimum atomic E-state index is -0.295. The highest BCUT2D eigenvalue weighted by Gasteiger charge is 2.31. The first-order valence-corrected chi connectivity index (χ1v) is 10.9. The third kappa shape index (κ3) is 6.07. The number of ether oxygens (including phenoxy) is 1. The molecule has 0 saturated heterocycles. The van der Waals surface area contributed by atoms with Gasteiger partial charge in [-0.3, -0.25) is 4.79 Å². The van der Waals surface area contributed by atoms with Crippen molar-refractivity contribution >= 4 is 5.97 Å². The zero-order valence-electron chi connectivity index (χ0n) is 17.8. The molecule has 2 aromatic carbocycles. The van der Waals surface area contributed by atoms with Gasteiger partial charge in [-0.2, -0.15) is 0 Å². The van der Waals surface area contributed by atoms with Crippen LogP contribution in [-0.2, 0) is 16.0 Å². The second-order valence-electron chi connectivity index (χ2n) is 7.88. The zero-order chi connectivity index (χ0) is 19.8. The van der Waals surface area contributed by atoms with E-state index in [1.165, 1.54) is 49.9 Å². The first-order valence-electron chi connectivity index (χ1n) is 10.9. The Morgan fingerprint density at radius 1 is 0.897 bits per heavy atom. The molecule has 29 heavy (non-hydrogen) atoms. The van der Waals surface area contributed by atoms with Crippen LogP contribution in [0.15, 0.2) is 48.5 Å². The SMILES string of the molecule is CCCC[NH+](CCCC)CCOC(=O)C1c2ccccc2Cc2ccccc21.[Cl-]. The van der Waals surface area contributed by atoms with E-state index in [1.54, 1.807) is 4.90 Å². The molecule has 1 N–H and O–H groups in total. The van der Waals surface area contributed by atoms with Crippen LogP contribution in [0.2, 0.25) is 0 Å². The molecule has 1 aliphatic rings. The Labute approximate surface area is 181 Å². The third-order valence-corrected chi connectivity index (χ3v) is 5.82. The summed E-state index contributed by atoms with van der Waals surface area (Å²) in [6, 6.07) is 16.6. The number of rotatable bonds is 10. The van der Waals surface area contributed by atoms with E-state index >= 15 is 0 Å². The van der Waals surface area contributed by atoms with E-state index in [0.717, 1.165) is 24.1 Å². The highest BCUT2D eigenvalue weighted by Crippen LogP contribution is 2.37. The Bertz CT molecular complexity index is 723. The standard InChI is InChI=1S/C25H33NO2.ClH/c1-3-5-15-26(16-6-4-2)17-18-28-25(27)24-22-13-9-7-11-20(22)19-21-12-8-10-14-23(21)24;/h7-14,24H,3-6,15-19H2,1-2H3;1H. The van der Waals surface area contributed by atoms with Gasteiger partial charge in [-0.25, -0.2) is 0 Å². The normalized spacial score (nSPS) is 12.8. The fraction of sp³-hybridized carbons (Fsp3) is 0.480. The predicted octanol–water partition coefficient (Wildman–Crippen LogP) is 0.755. The number of halogens is 1. The van der Waals surface area contributed by atoms with E-state index < -0.39 is 0 Å². The van der Waals surface area contributed by atoms with Gasteiger partial charge < -0.3 is 22.0 Å². The van der Waals surface area contributed by atoms with E-state index in [1.807, 2.05) is 12.1 Å². The average molecular weight is 416 g/mol. The van der Waals surface area contributed by atoms with Gasteiger partial charge in [0.05, 0.1) is 13.1 Å². The monoisotopic (exact) mass is 415 g/mol. The molecule has 3 nitrogen and oxygen atoms in total. The van der Waals surface area contributed by atoms with Gasteiger partial charge in [0.2, 0.25) is 0 Å². The lowest BCUT2D eigenvalue weighted by Crippen LogP contribution is -3.12. The van der Waals surface area contributed by atoms with E-state index in [-0.39, 0.29) is 24.3 Å². The van der Waals surface area contributed by atoms with Gasteiger partial charge in [0.15, 0.2) is 0 Å². The Hall–Kier alpha value is -1.84. The number of esters is 1. The molecule has 0 aromatic heterocycles. The van der Waals surface area contributed by atoms with Crippen molar-refractivity contribution in [2.75, 3.05) is 26.2 Å². The average Bonchev–Trinajstić information content (AvgIpc) is 2.73. The molecule has 2 aromatic rings. The second-order valence-corrected chi connectivity index (χ2v) is 7.88. The maximum atomic E-state index is 13.1. The van der Waals surface area contributed by atoms with Crippen molar-refractivity contribution < 1.29 is 26.8 Å². The smallest absolute Gasteiger partial charge is 0.318 e. The summed E-state index contributed by atoms with van der Waals surface area (Å²) in [5.41, 5.74) is 4.68. The lowest BCUT2D eigenvalue weighted by atomic mass is 9.78. The predicted molar refractivity (Wildman–Crippen MR) is 114 cm³/mol. The Morgan fingerprint density at radius 3 is 1.93 bits per heavy atom. The third-order valence-electron chi connectivity index (χ3n) is 5.82. The molecule has 158 valence electrons. The van der Waals surface area contributed by atoms with Crippen LogP contribution in [0.1, 0.15) is 67.7 Å². The van der Waals surface area contributed by atoms with Crippen molar-refractivity contribution in [1.82, 2.24) is 0 Å². The molecule has 0 radical (unpaired) electrons. The van der Waals surface area contributed by atoms with Crippen LogP contribution in [-0.4, -0.2) is 32.2 Å². The summed E-state index contributed by atoms with van der Waals surface area (Å²) >= 11 is 0. The van der Waals surface area contributed by atoms with Gasteiger partial charge in [-0.05, 0) is 41.5 Å². The van der Waals surface area contributed by atoms with Crippen LogP contribution in [0, 0.1) is 0 Å². The first-order chi connectivity index (χ1) is 13.7. The molecule has 0 heterocycles. The number of hydrogen-bond acceptors (Lipinski definition) is 2. The fourth-order valence-corrected chi connectivity index (χ4v) is 4.19. The molecular formula is C25H34ClNO2. The number of unbranched alkanes of at least 4 members (excludes halogenated alkanes) is 2. The van der Waals surface area contributed by atoms with Crippen molar-refractivity contribution in [2.24, 2.45) is 0 Å².